The molecule has 5 heteroatoms. The summed E-state index contributed by atoms with van der Waals surface area (Å²) in [7, 11) is 1.45. The first-order chi connectivity index (χ1) is 11.1. The van der Waals surface area contributed by atoms with Crippen molar-refractivity contribution in [3.63, 3.8) is 0 Å². The van der Waals surface area contributed by atoms with Crippen molar-refractivity contribution in [3.8, 4) is 11.8 Å². The zero-order valence-electron chi connectivity index (χ0n) is 13.7. The Morgan fingerprint density at radius 1 is 1.22 bits per heavy atom. The van der Waals surface area contributed by atoms with E-state index in [9.17, 15) is 13.6 Å². The molecule has 0 heterocycles. The van der Waals surface area contributed by atoms with Gasteiger partial charge in [0.25, 0.3) is 0 Å². The number of benzene rings is 1. The molecule has 0 unspecified atom stereocenters. The van der Waals surface area contributed by atoms with Gasteiger partial charge in [-0.05, 0) is 25.3 Å². The van der Waals surface area contributed by atoms with Gasteiger partial charge in [0.2, 0.25) is 5.91 Å². The first-order valence-corrected chi connectivity index (χ1v) is 7.84. The number of nitrogens with one attached hydrogen (secondary N) is 1. The van der Waals surface area contributed by atoms with Crippen molar-refractivity contribution in [2.75, 3.05) is 20.3 Å². The number of carbonyl (C=O) groups is 1. The van der Waals surface area contributed by atoms with E-state index in [2.05, 4.69) is 24.1 Å². The molecule has 0 aliphatic carbocycles. The van der Waals surface area contributed by atoms with E-state index in [0.29, 0.717) is 13.0 Å². The molecule has 0 atom stereocenters. The van der Waals surface area contributed by atoms with Crippen molar-refractivity contribution in [1.29, 1.82) is 0 Å². The number of hydrogen-bond donors (Lipinski definition) is 1. The lowest BCUT2D eigenvalue weighted by atomic mass is 10.1. The number of carbonyl (C=O) groups excluding carboxylic acids is 1. The molecule has 0 aliphatic heterocycles. The average Bonchev–Trinajstić information content (AvgIpc) is 2.56. The minimum absolute atomic E-state index is 0.0189. The second-order valence-electron chi connectivity index (χ2n) is 5.12. The largest absolute Gasteiger partial charge is 0.381 e. The van der Waals surface area contributed by atoms with Crippen molar-refractivity contribution in [2.45, 2.75) is 39.0 Å². The molecule has 0 fully saturated rings. The highest BCUT2D eigenvalue weighted by Gasteiger charge is 2.14. The molecule has 1 rings (SSSR count). The van der Waals surface area contributed by atoms with E-state index >= 15 is 0 Å². The highest BCUT2D eigenvalue weighted by molar-refractivity contribution is 5.78. The summed E-state index contributed by atoms with van der Waals surface area (Å²) in [6.07, 6.45) is 3.17. The first kappa shape index (κ1) is 19.1. The van der Waals surface area contributed by atoms with Gasteiger partial charge in [-0.25, -0.2) is 8.78 Å². The lowest BCUT2D eigenvalue weighted by Crippen LogP contribution is -2.20. The van der Waals surface area contributed by atoms with Crippen molar-refractivity contribution in [3.05, 3.63) is 34.9 Å². The molecular formula is C18H23F2NO2. The smallest absolute Gasteiger partial charge is 0.224 e. The molecule has 0 bridgehead atoms. The Bertz CT molecular complexity index is 576. The van der Waals surface area contributed by atoms with E-state index < -0.39 is 11.6 Å². The first-order valence-electron chi connectivity index (χ1n) is 7.84. The highest BCUT2D eigenvalue weighted by atomic mass is 19.2. The van der Waals surface area contributed by atoms with Crippen LogP contribution in [-0.4, -0.2) is 26.2 Å². The number of rotatable bonds is 8. The third-order valence-corrected chi connectivity index (χ3v) is 3.20. The number of hydrogen-bond acceptors (Lipinski definition) is 2. The highest BCUT2D eigenvalue weighted by Crippen LogP contribution is 2.16. The average molecular weight is 323 g/mol. The van der Waals surface area contributed by atoms with Crippen molar-refractivity contribution in [2.24, 2.45) is 0 Å². The summed E-state index contributed by atoms with van der Waals surface area (Å²) in [6, 6.07) is 2.81. The lowest BCUT2D eigenvalue weighted by molar-refractivity contribution is -0.120. The topological polar surface area (TPSA) is 38.3 Å². The van der Waals surface area contributed by atoms with Crippen LogP contribution in [0.25, 0.3) is 0 Å². The molecule has 0 saturated carbocycles. The van der Waals surface area contributed by atoms with E-state index in [0.717, 1.165) is 25.9 Å². The summed E-state index contributed by atoms with van der Waals surface area (Å²) in [4.78, 5) is 11.2. The molecule has 126 valence electrons. The Labute approximate surface area is 136 Å². The number of ether oxygens (including phenoxy) is 1. The number of unbranched alkanes of at least 4 members (excludes halogenated alkanes) is 2. The monoisotopic (exact) mass is 323 g/mol. The van der Waals surface area contributed by atoms with E-state index in [1.54, 1.807) is 0 Å². The van der Waals surface area contributed by atoms with Gasteiger partial charge < -0.3 is 10.1 Å². The summed E-state index contributed by atoms with van der Waals surface area (Å²) in [6.45, 7) is 3.52. The van der Waals surface area contributed by atoms with E-state index in [4.69, 9.17) is 4.74 Å². The van der Waals surface area contributed by atoms with Gasteiger partial charge in [-0.3, -0.25) is 4.79 Å². The normalized spacial score (nSPS) is 10.1. The van der Waals surface area contributed by atoms with Crippen LogP contribution >= 0.6 is 0 Å². The maximum atomic E-state index is 13.9. The summed E-state index contributed by atoms with van der Waals surface area (Å²) >= 11 is 0. The quantitative estimate of drug-likeness (QED) is 0.589. The van der Waals surface area contributed by atoms with Gasteiger partial charge >= 0.3 is 0 Å². The van der Waals surface area contributed by atoms with Crippen LogP contribution in [0.3, 0.4) is 0 Å². The van der Waals surface area contributed by atoms with Crippen LogP contribution in [0.4, 0.5) is 8.78 Å². The molecule has 0 aromatic heterocycles. The Hall–Kier alpha value is -1.93. The van der Waals surface area contributed by atoms with Crippen LogP contribution < -0.4 is 5.32 Å². The van der Waals surface area contributed by atoms with Crippen LogP contribution in [-0.2, 0) is 16.0 Å². The molecular weight excluding hydrogens is 300 g/mol. The minimum Gasteiger partial charge on any atom is -0.381 e. The minimum atomic E-state index is -1.01. The molecule has 0 saturated heterocycles. The van der Waals surface area contributed by atoms with Gasteiger partial charge in [0.05, 0.1) is 12.0 Å². The molecule has 0 spiro atoms. The summed E-state index contributed by atoms with van der Waals surface area (Å²) < 4.78 is 33.1. The molecule has 0 aliphatic rings. The van der Waals surface area contributed by atoms with Crippen LogP contribution in [0.2, 0.25) is 0 Å². The van der Waals surface area contributed by atoms with Crippen molar-refractivity contribution >= 4 is 5.91 Å². The zero-order chi connectivity index (χ0) is 17.1. The van der Waals surface area contributed by atoms with Gasteiger partial charge in [0.15, 0.2) is 11.6 Å². The van der Waals surface area contributed by atoms with Gasteiger partial charge in [0, 0.05) is 32.2 Å². The van der Waals surface area contributed by atoms with Gasteiger partial charge in [0.1, 0.15) is 0 Å². The maximum Gasteiger partial charge on any atom is 0.224 e. The predicted molar refractivity (Wildman–Crippen MR) is 86.0 cm³/mol. The lowest BCUT2D eigenvalue weighted by Gasteiger charge is -2.04. The van der Waals surface area contributed by atoms with Crippen LogP contribution in [0.5, 0.6) is 0 Å². The second kappa shape index (κ2) is 10.7. The van der Waals surface area contributed by atoms with Gasteiger partial charge in [-0.2, -0.15) is 0 Å². The van der Waals surface area contributed by atoms with Crippen LogP contribution in [0, 0.1) is 23.5 Å². The Morgan fingerprint density at radius 3 is 2.70 bits per heavy atom. The van der Waals surface area contributed by atoms with E-state index in [1.165, 1.54) is 19.2 Å². The molecule has 1 N–H and O–H groups in total. The fraction of sp³-hybridized carbons (Fsp3) is 0.500. The standard InChI is InChI=1S/C18H23F2NO2/c1-3-11-23-12-7-5-4-6-8-14-9-10-15(13-16(22)21-2)18(20)17(14)19/h9-10H,3-5,7,11-13H2,1-2H3,(H,21,22). The molecule has 1 aromatic carbocycles. The van der Waals surface area contributed by atoms with Crippen LogP contribution in [0.1, 0.15) is 43.7 Å². The number of likely N-dealkylation sites (N-methyl/N-ethyl adjacent to an activating group) is 1. The molecule has 3 nitrogen and oxygen atoms in total. The third kappa shape index (κ3) is 6.79. The van der Waals surface area contributed by atoms with Gasteiger partial charge in [-0.15, -0.1) is 0 Å². The number of amides is 1. The summed E-state index contributed by atoms with van der Waals surface area (Å²) in [5.74, 6) is 3.12. The predicted octanol–water partition coefficient (Wildman–Crippen LogP) is 3.20. The summed E-state index contributed by atoms with van der Waals surface area (Å²) in [5, 5.41) is 2.37. The fourth-order valence-electron chi connectivity index (χ4n) is 1.91. The number of halogens is 2. The molecule has 23 heavy (non-hydrogen) atoms. The Balaban J connectivity index is 2.54. The Kier molecular flexibility index (Phi) is 8.93. The third-order valence-electron chi connectivity index (χ3n) is 3.20. The van der Waals surface area contributed by atoms with Crippen molar-refractivity contribution in [1.82, 2.24) is 5.32 Å². The van der Waals surface area contributed by atoms with Gasteiger partial charge in [-0.1, -0.05) is 24.8 Å². The molecule has 1 amide bonds. The SMILES string of the molecule is CCCOCCCCC#Cc1ccc(CC(=O)NC)c(F)c1F. The summed E-state index contributed by atoms with van der Waals surface area (Å²) in [5.41, 5.74) is 0.0471. The fourth-order valence-corrected chi connectivity index (χ4v) is 1.91. The molecule has 1 aromatic rings. The molecule has 0 radical (unpaired) electrons. The Morgan fingerprint density at radius 2 is 2.00 bits per heavy atom. The van der Waals surface area contributed by atoms with E-state index in [1.807, 2.05) is 0 Å². The van der Waals surface area contributed by atoms with Crippen LogP contribution in [0.15, 0.2) is 12.1 Å². The van der Waals surface area contributed by atoms with Crippen molar-refractivity contribution < 1.29 is 18.3 Å². The second-order valence-corrected chi connectivity index (χ2v) is 5.12. The zero-order valence-corrected chi connectivity index (χ0v) is 13.7. The maximum absolute atomic E-state index is 13.9. The van der Waals surface area contributed by atoms with E-state index in [-0.39, 0.29) is 23.5 Å².